The number of pyridine rings is 1. The second-order valence-corrected chi connectivity index (χ2v) is 4.37. The molecule has 4 nitrogen and oxygen atoms in total. The van der Waals surface area contributed by atoms with Crippen LogP contribution in [0.25, 0.3) is 5.65 Å². The van der Waals surface area contributed by atoms with Crippen molar-refractivity contribution in [1.29, 1.82) is 0 Å². The number of fused-ring (bicyclic) bond motifs is 1. The first-order valence-electron chi connectivity index (χ1n) is 6.22. The second kappa shape index (κ2) is 5.12. The molecule has 0 spiro atoms. The van der Waals surface area contributed by atoms with E-state index < -0.39 is 0 Å². The fourth-order valence-corrected chi connectivity index (χ4v) is 2.09. The van der Waals surface area contributed by atoms with Gasteiger partial charge in [0.15, 0.2) is 0 Å². The number of nitrogens with one attached hydrogen (secondary N) is 1. The maximum atomic E-state index is 9.27. The summed E-state index contributed by atoms with van der Waals surface area (Å²) >= 11 is 0. The Morgan fingerprint density at radius 2 is 1.95 bits per heavy atom. The number of hydrogen-bond donors (Lipinski definition) is 2. The highest BCUT2D eigenvalue weighted by molar-refractivity contribution is 5.51. The van der Waals surface area contributed by atoms with Gasteiger partial charge in [-0.05, 0) is 18.2 Å². The van der Waals surface area contributed by atoms with Crippen LogP contribution in [0.3, 0.4) is 0 Å². The third kappa shape index (κ3) is 2.44. The van der Waals surface area contributed by atoms with Crippen LogP contribution in [0.2, 0.25) is 0 Å². The van der Waals surface area contributed by atoms with Crippen molar-refractivity contribution in [2.24, 2.45) is 0 Å². The van der Waals surface area contributed by atoms with Crippen LogP contribution in [0.4, 0.5) is 5.69 Å². The van der Waals surface area contributed by atoms with Crippen molar-refractivity contribution in [2.75, 3.05) is 5.32 Å². The van der Waals surface area contributed by atoms with Crippen LogP contribution in [0.1, 0.15) is 11.3 Å². The molecule has 19 heavy (non-hydrogen) atoms. The van der Waals surface area contributed by atoms with Crippen molar-refractivity contribution in [2.45, 2.75) is 13.2 Å². The van der Waals surface area contributed by atoms with Crippen LogP contribution in [0.15, 0.2) is 54.9 Å². The highest BCUT2D eigenvalue weighted by Crippen LogP contribution is 2.16. The third-order valence-corrected chi connectivity index (χ3v) is 3.06. The number of anilines is 1. The number of aliphatic hydroxyl groups excluding tert-OH is 1. The number of nitrogens with zero attached hydrogens (tertiary/aromatic N) is 2. The monoisotopic (exact) mass is 253 g/mol. The SMILES string of the molecule is OCc1ccccc1NCc1cn2ccccc2n1. The lowest BCUT2D eigenvalue weighted by Crippen LogP contribution is -2.02. The molecule has 4 heteroatoms. The zero-order valence-electron chi connectivity index (χ0n) is 10.5. The van der Waals surface area contributed by atoms with Crippen molar-refractivity contribution in [3.63, 3.8) is 0 Å². The minimum Gasteiger partial charge on any atom is -0.392 e. The van der Waals surface area contributed by atoms with E-state index in [9.17, 15) is 5.11 Å². The van der Waals surface area contributed by atoms with Crippen molar-refractivity contribution >= 4 is 11.3 Å². The number of para-hydroxylation sites is 1. The van der Waals surface area contributed by atoms with Gasteiger partial charge < -0.3 is 14.8 Å². The fourth-order valence-electron chi connectivity index (χ4n) is 2.09. The molecule has 2 heterocycles. The van der Waals surface area contributed by atoms with E-state index in [1.54, 1.807) is 0 Å². The van der Waals surface area contributed by atoms with E-state index in [0.717, 1.165) is 22.6 Å². The van der Waals surface area contributed by atoms with Gasteiger partial charge in [-0.3, -0.25) is 0 Å². The Morgan fingerprint density at radius 3 is 2.79 bits per heavy atom. The fraction of sp³-hybridized carbons (Fsp3) is 0.133. The molecule has 0 aliphatic heterocycles. The second-order valence-electron chi connectivity index (χ2n) is 4.37. The largest absolute Gasteiger partial charge is 0.392 e. The lowest BCUT2D eigenvalue weighted by molar-refractivity contribution is 0.282. The van der Waals surface area contributed by atoms with E-state index in [-0.39, 0.29) is 6.61 Å². The van der Waals surface area contributed by atoms with Gasteiger partial charge in [0.1, 0.15) is 5.65 Å². The third-order valence-electron chi connectivity index (χ3n) is 3.06. The molecular weight excluding hydrogens is 238 g/mol. The van der Waals surface area contributed by atoms with Crippen molar-refractivity contribution in [3.8, 4) is 0 Å². The number of aromatic nitrogens is 2. The minimum absolute atomic E-state index is 0.0361. The standard InChI is InChI=1S/C15H15N3O/c19-11-12-5-1-2-6-14(12)16-9-13-10-18-8-4-3-7-15(18)17-13/h1-8,10,16,19H,9,11H2. The highest BCUT2D eigenvalue weighted by Gasteiger charge is 2.03. The summed E-state index contributed by atoms with van der Waals surface area (Å²) < 4.78 is 2.00. The Balaban J connectivity index is 1.78. The van der Waals surface area contributed by atoms with Crippen LogP contribution in [0.5, 0.6) is 0 Å². The summed E-state index contributed by atoms with van der Waals surface area (Å²) in [6, 6.07) is 13.7. The summed E-state index contributed by atoms with van der Waals surface area (Å²) in [7, 11) is 0. The molecule has 0 radical (unpaired) electrons. The van der Waals surface area contributed by atoms with Crippen LogP contribution in [0, 0.1) is 0 Å². The van der Waals surface area contributed by atoms with E-state index >= 15 is 0 Å². The summed E-state index contributed by atoms with van der Waals surface area (Å²) in [6.07, 6.45) is 3.98. The Hall–Kier alpha value is -2.33. The summed E-state index contributed by atoms with van der Waals surface area (Å²) in [4.78, 5) is 4.52. The van der Waals surface area contributed by atoms with Gasteiger partial charge in [0.25, 0.3) is 0 Å². The van der Waals surface area contributed by atoms with Gasteiger partial charge in [0, 0.05) is 23.6 Å². The molecule has 0 atom stereocenters. The number of benzene rings is 1. The first-order chi connectivity index (χ1) is 9.36. The van der Waals surface area contributed by atoms with E-state index in [2.05, 4.69) is 10.3 Å². The first-order valence-corrected chi connectivity index (χ1v) is 6.22. The molecule has 3 aromatic rings. The van der Waals surface area contributed by atoms with Crippen LogP contribution >= 0.6 is 0 Å². The smallest absolute Gasteiger partial charge is 0.137 e. The van der Waals surface area contributed by atoms with Crippen LogP contribution in [-0.4, -0.2) is 14.5 Å². The molecule has 0 amide bonds. The summed E-state index contributed by atoms with van der Waals surface area (Å²) in [6.45, 7) is 0.674. The van der Waals surface area contributed by atoms with Gasteiger partial charge in [0.05, 0.1) is 18.8 Å². The van der Waals surface area contributed by atoms with Crippen LogP contribution in [-0.2, 0) is 13.2 Å². The molecule has 0 saturated carbocycles. The molecule has 3 rings (SSSR count). The zero-order chi connectivity index (χ0) is 13.1. The van der Waals surface area contributed by atoms with E-state index in [4.69, 9.17) is 0 Å². The zero-order valence-corrected chi connectivity index (χ0v) is 10.5. The van der Waals surface area contributed by atoms with E-state index in [1.807, 2.05) is 59.3 Å². The van der Waals surface area contributed by atoms with Gasteiger partial charge in [-0.25, -0.2) is 4.98 Å². The average Bonchev–Trinajstić information content (AvgIpc) is 2.88. The molecule has 0 unspecified atom stereocenters. The normalized spacial score (nSPS) is 10.8. The molecule has 0 bridgehead atoms. The quantitative estimate of drug-likeness (QED) is 0.751. The van der Waals surface area contributed by atoms with Gasteiger partial charge in [0.2, 0.25) is 0 Å². The van der Waals surface area contributed by atoms with Gasteiger partial charge in [-0.2, -0.15) is 0 Å². The molecule has 0 fully saturated rings. The molecule has 2 aromatic heterocycles. The highest BCUT2D eigenvalue weighted by atomic mass is 16.3. The maximum Gasteiger partial charge on any atom is 0.137 e. The van der Waals surface area contributed by atoms with Gasteiger partial charge >= 0.3 is 0 Å². The lowest BCUT2D eigenvalue weighted by Gasteiger charge is -2.08. The number of imidazole rings is 1. The summed E-state index contributed by atoms with van der Waals surface area (Å²) in [5, 5.41) is 12.6. The number of aliphatic hydroxyl groups is 1. The Kier molecular flexibility index (Phi) is 3.16. The lowest BCUT2D eigenvalue weighted by atomic mass is 10.2. The molecule has 1 aromatic carbocycles. The van der Waals surface area contributed by atoms with E-state index in [0.29, 0.717) is 6.54 Å². The van der Waals surface area contributed by atoms with Crippen molar-refractivity contribution in [1.82, 2.24) is 9.38 Å². The maximum absolute atomic E-state index is 9.27. The van der Waals surface area contributed by atoms with Crippen molar-refractivity contribution < 1.29 is 5.11 Å². The van der Waals surface area contributed by atoms with Gasteiger partial charge in [-0.15, -0.1) is 0 Å². The molecular formula is C15H15N3O. The topological polar surface area (TPSA) is 49.6 Å². The number of hydrogen-bond acceptors (Lipinski definition) is 3. The molecule has 0 aliphatic rings. The molecule has 96 valence electrons. The predicted molar refractivity (Wildman–Crippen MR) is 74.9 cm³/mol. The average molecular weight is 253 g/mol. The predicted octanol–water partition coefficient (Wildman–Crippen LogP) is 2.44. The first kappa shape index (κ1) is 11.7. The minimum atomic E-state index is 0.0361. The Morgan fingerprint density at radius 1 is 1.11 bits per heavy atom. The number of rotatable bonds is 4. The Bertz CT molecular complexity index is 657. The van der Waals surface area contributed by atoms with E-state index in [1.165, 1.54) is 0 Å². The summed E-state index contributed by atoms with van der Waals surface area (Å²) in [5.41, 5.74) is 3.75. The van der Waals surface area contributed by atoms with Gasteiger partial charge in [-0.1, -0.05) is 24.3 Å². The Labute approximate surface area is 111 Å². The molecule has 0 aliphatic carbocycles. The molecule has 2 N–H and O–H groups in total. The van der Waals surface area contributed by atoms with Crippen molar-refractivity contribution in [3.05, 3.63) is 66.1 Å². The summed E-state index contributed by atoms with van der Waals surface area (Å²) in [5.74, 6) is 0. The van der Waals surface area contributed by atoms with Crippen LogP contribution < -0.4 is 5.32 Å². The molecule has 0 saturated heterocycles.